The largest absolute Gasteiger partial charge is 0.483 e. The molecule has 0 spiro atoms. The number of hydrogen-bond acceptors (Lipinski definition) is 7. The average Bonchev–Trinajstić information content (AvgIpc) is 3.45. The van der Waals surface area contributed by atoms with Crippen LogP contribution < -0.4 is 4.74 Å². The summed E-state index contributed by atoms with van der Waals surface area (Å²) in [5.41, 5.74) is 0. The molecule has 0 fully saturated rings. The summed E-state index contributed by atoms with van der Waals surface area (Å²) in [5.74, 6) is 2.48. The van der Waals surface area contributed by atoms with Crippen molar-refractivity contribution in [3.05, 3.63) is 69.2 Å². The van der Waals surface area contributed by atoms with Gasteiger partial charge in [0, 0.05) is 5.02 Å². The van der Waals surface area contributed by atoms with E-state index in [-0.39, 0.29) is 6.61 Å². The molecule has 0 saturated heterocycles. The van der Waals surface area contributed by atoms with Gasteiger partial charge in [0.15, 0.2) is 11.5 Å². The van der Waals surface area contributed by atoms with Gasteiger partial charge in [-0.2, -0.15) is 9.78 Å². The SMILES string of the molecule is CSc1nnc(-c2ccco2)n1/N=C/c1ccc(COc2c(Cl)cc(Cl)cc2Cl)o1. The molecule has 0 bridgehead atoms. The number of halogens is 3. The predicted molar refractivity (Wildman–Crippen MR) is 117 cm³/mol. The van der Waals surface area contributed by atoms with Crippen LogP contribution in [0.15, 0.2) is 61.8 Å². The highest BCUT2D eigenvalue weighted by atomic mass is 35.5. The average molecular weight is 484 g/mol. The number of rotatable bonds is 7. The molecule has 11 heteroatoms. The Bertz CT molecular complexity index is 1160. The number of ether oxygens (including phenoxy) is 1. The van der Waals surface area contributed by atoms with Gasteiger partial charge in [0.2, 0.25) is 11.0 Å². The van der Waals surface area contributed by atoms with Gasteiger partial charge in [-0.05, 0) is 42.7 Å². The smallest absolute Gasteiger partial charge is 0.221 e. The number of furan rings is 2. The van der Waals surface area contributed by atoms with E-state index in [9.17, 15) is 0 Å². The number of benzene rings is 1. The highest BCUT2D eigenvalue weighted by molar-refractivity contribution is 7.98. The summed E-state index contributed by atoms with van der Waals surface area (Å²) in [5, 5.41) is 14.4. The standard InChI is InChI=1S/C19H13Cl3N4O3S/c1-30-19-25-24-18(16-3-2-6-27-16)26(19)23-9-12-4-5-13(29-12)10-28-17-14(21)7-11(20)8-15(17)22/h2-9H,10H2,1H3/b23-9+. The molecule has 3 aromatic heterocycles. The quantitative estimate of drug-likeness (QED) is 0.227. The van der Waals surface area contributed by atoms with Gasteiger partial charge in [0.25, 0.3) is 0 Å². The molecule has 7 nitrogen and oxygen atoms in total. The van der Waals surface area contributed by atoms with Crippen LogP contribution in [0, 0.1) is 0 Å². The fraction of sp³-hybridized carbons (Fsp3) is 0.105. The third-order valence-corrected chi connectivity index (χ3v) is 5.24. The molecule has 0 N–H and O–H groups in total. The molecular formula is C19H13Cl3N4O3S. The van der Waals surface area contributed by atoms with Gasteiger partial charge in [0.05, 0.1) is 22.5 Å². The molecule has 30 heavy (non-hydrogen) atoms. The van der Waals surface area contributed by atoms with Crippen LogP contribution in [0.1, 0.15) is 11.5 Å². The first-order valence-corrected chi connectivity index (χ1v) is 10.8. The lowest BCUT2D eigenvalue weighted by atomic mass is 10.3. The fourth-order valence-corrected chi connectivity index (χ4v) is 3.88. The van der Waals surface area contributed by atoms with Crippen molar-refractivity contribution in [1.29, 1.82) is 0 Å². The summed E-state index contributed by atoms with van der Waals surface area (Å²) in [7, 11) is 0. The molecule has 0 unspecified atom stereocenters. The number of aromatic nitrogens is 3. The van der Waals surface area contributed by atoms with Crippen LogP contribution in [0.5, 0.6) is 5.75 Å². The summed E-state index contributed by atoms with van der Waals surface area (Å²) >= 11 is 19.6. The van der Waals surface area contributed by atoms with E-state index in [2.05, 4.69) is 15.3 Å². The van der Waals surface area contributed by atoms with E-state index in [4.69, 9.17) is 48.4 Å². The lowest BCUT2D eigenvalue weighted by Crippen LogP contribution is -1.96. The van der Waals surface area contributed by atoms with Crippen molar-refractivity contribution in [3.63, 3.8) is 0 Å². The predicted octanol–water partition coefficient (Wildman–Crippen LogP) is 6.27. The van der Waals surface area contributed by atoms with E-state index in [1.54, 1.807) is 53.6 Å². The second-order valence-corrected chi connectivity index (χ2v) is 7.86. The normalized spacial score (nSPS) is 11.5. The van der Waals surface area contributed by atoms with Crippen LogP contribution in [-0.4, -0.2) is 27.3 Å². The van der Waals surface area contributed by atoms with Crippen molar-refractivity contribution in [1.82, 2.24) is 14.9 Å². The zero-order valence-electron chi connectivity index (χ0n) is 15.4. The second-order valence-electron chi connectivity index (χ2n) is 5.84. The molecule has 0 amide bonds. The zero-order valence-corrected chi connectivity index (χ0v) is 18.5. The van der Waals surface area contributed by atoms with Crippen molar-refractivity contribution >= 4 is 52.8 Å². The van der Waals surface area contributed by atoms with E-state index in [1.807, 2.05) is 6.26 Å². The van der Waals surface area contributed by atoms with Crippen LogP contribution in [0.3, 0.4) is 0 Å². The van der Waals surface area contributed by atoms with Gasteiger partial charge in [-0.25, -0.2) is 0 Å². The van der Waals surface area contributed by atoms with Crippen molar-refractivity contribution in [3.8, 4) is 17.3 Å². The lowest BCUT2D eigenvalue weighted by Gasteiger charge is -2.08. The number of thioether (sulfide) groups is 1. The molecule has 3 heterocycles. The van der Waals surface area contributed by atoms with Crippen LogP contribution in [-0.2, 0) is 6.61 Å². The van der Waals surface area contributed by atoms with Crippen LogP contribution in [0.2, 0.25) is 15.1 Å². The van der Waals surface area contributed by atoms with Crippen LogP contribution in [0.4, 0.5) is 0 Å². The van der Waals surface area contributed by atoms with Crippen molar-refractivity contribution < 1.29 is 13.6 Å². The maximum absolute atomic E-state index is 6.13. The summed E-state index contributed by atoms with van der Waals surface area (Å²) in [6, 6.07) is 10.2. The first kappa shape index (κ1) is 20.9. The highest BCUT2D eigenvalue weighted by Gasteiger charge is 2.15. The lowest BCUT2D eigenvalue weighted by molar-refractivity contribution is 0.270. The van der Waals surface area contributed by atoms with E-state index >= 15 is 0 Å². The summed E-state index contributed by atoms with van der Waals surface area (Å²) in [6.07, 6.45) is 5.01. The molecule has 1 aromatic carbocycles. The Balaban J connectivity index is 1.49. The van der Waals surface area contributed by atoms with Crippen molar-refractivity contribution in [2.24, 2.45) is 5.10 Å². The Morgan fingerprint density at radius 1 is 1.17 bits per heavy atom. The van der Waals surface area contributed by atoms with Gasteiger partial charge in [-0.15, -0.1) is 10.2 Å². The molecule has 4 rings (SSSR count). The van der Waals surface area contributed by atoms with Crippen LogP contribution >= 0.6 is 46.6 Å². The molecule has 0 saturated carbocycles. The molecule has 4 aromatic rings. The second kappa shape index (κ2) is 9.18. The molecule has 0 radical (unpaired) electrons. The van der Waals surface area contributed by atoms with E-state index < -0.39 is 0 Å². The van der Waals surface area contributed by atoms with E-state index in [0.717, 1.165) is 0 Å². The first-order valence-electron chi connectivity index (χ1n) is 8.49. The van der Waals surface area contributed by atoms with E-state index in [1.165, 1.54) is 11.8 Å². The molecular weight excluding hydrogens is 471 g/mol. The Kier molecular flexibility index (Phi) is 6.38. The topological polar surface area (TPSA) is 78.6 Å². The number of hydrogen-bond donors (Lipinski definition) is 0. The van der Waals surface area contributed by atoms with Crippen LogP contribution in [0.25, 0.3) is 11.6 Å². The van der Waals surface area contributed by atoms with Gasteiger partial charge in [0.1, 0.15) is 18.1 Å². The fourth-order valence-electron chi connectivity index (χ4n) is 2.52. The molecule has 0 aliphatic heterocycles. The van der Waals surface area contributed by atoms with Gasteiger partial charge < -0.3 is 13.6 Å². The third kappa shape index (κ3) is 4.52. The maximum atomic E-state index is 6.13. The first-order chi connectivity index (χ1) is 14.5. The Morgan fingerprint density at radius 3 is 2.67 bits per heavy atom. The maximum Gasteiger partial charge on any atom is 0.221 e. The Hall–Kier alpha value is -2.39. The highest BCUT2D eigenvalue weighted by Crippen LogP contribution is 2.36. The van der Waals surface area contributed by atoms with Crippen molar-refractivity contribution in [2.75, 3.05) is 6.26 Å². The van der Waals surface area contributed by atoms with Gasteiger partial charge in [-0.3, -0.25) is 0 Å². The van der Waals surface area contributed by atoms with Gasteiger partial charge >= 0.3 is 0 Å². The molecule has 0 aliphatic rings. The molecule has 0 atom stereocenters. The summed E-state index contributed by atoms with van der Waals surface area (Å²) in [6.45, 7) is 0.134. The minimum Gasteiger partial charge on any atom is -0.483 e. The minimum absolute atomic E-state index is 0.134. The molecule has 154 valence electrons. The monoisotopic (exact) mass is 482 g/mol. The third-order valence-electron chi connectivity index (χ3n) is 3.84. The summed E-state index contributed by atoms with van der Waals surface area (Å²) in [4.78, 5) is 0. The van der Waals surface area contributed by atoms with E-state index in [0.29, 0.717) is 49.1 Å². The minimum atomic E-state index is 0.134. The summed E-state index contributed by atoms with van der Waals surface area (Å²) < 4.78 is 18.4. The number of nitrogens with zero attached hydrogens (tertiary/aromatic N) is 4. The molecule has 0 aliphatic carbocycles. The van der Waals surface area contributed by atoms with Crippen molar-refractivity contribution in [2.45, 2.75) is 11.8 Å². The Morgan fingerprint density at radius 2 is 1.97 bits per heavy atom. The van der Waals surface area contributed by atoms with Gasteiger partial charge in [-0.1, -0.05) is 46.6 Å². The zero-order chi connectivity index (χ0) is 21.1. The Labute approximate surface area is 190 Å².